The van der Waals surface area contributed by atoms with Crippen LogP contribution in [-0.4, -0.2) is 36.7 Å². The summed E-state index contributed by atoms with van der Waals surface area (Å²) in [5.41, 5.74) is 5.83. The first kappa shape index (κ1) is 14.1. The summed E-state index contributed by atoms with van der Waals surface area (Å²) in [4.78, 5) is 22.9. The van der Waals surface area contributed by atoms with Crippen LogP contribution in [0.15, 0.2) is 30.3 Å². The van der Waals surface area contributed by atoms with Crippen molar-refractivity contribution in [3.63, 3.8) is 0 Å². The molecule has 0 radical (unpaired) electrons. The zero-order chi connectivity index (χ0) is 13.5. The average molecular weight is 252 g/mol. The summed E-state index contributed by atoms with van der Waals surface area (Å²) in [6, 6.07) is 7.32. The van der Waals surface area contributed by atoms with E-state index in [4.69, 9.17) is 15.6 Å². The van der Waals surface area contributed by atoms with Crippen LogP contribution in [0.5, 0.6) is 0 Å². The Hall–Kier alpha value is -1.92. The highest BCUT2D eigenvalue weighted by atomic mass is 16.5. The fourth-order valence-electron chi connectivity index (χ4n) is 1.48. The summed E-state index contributed by atoms with van der Waals surface area (Å²) < 4.78 is 4.85. The van der Waals surface area contributed by atoms with Crippen LogP contribution in [0, 0.1) is 0 Å². The van der Waals surface area contributed by atoms with Crippen molar-refractivity contribution >= 4 is 11.9 Å². The largest absolute Gasteiger partial charge is 0.479 e. The predicted octanol–water partition coefficient (Wildman–Crippen LogP) is -0.0978. The number of benzene rings is 1. The van der Waals surface area contributed by atoms with E-state index in [0.717, 1.165) is 0 Å². The number of nitrogens with one attached hydrogen (secondary N) is 1. The molecule has 2 unspecified atom stereocenters. The van der Waals surface area contributed by atoms with E-state index in [2.05, 4.69) is 5.32 Å². The van der Waals surface area contributed by atoms with Crippen molar-refractivity contribution < 1.29 is 19.4 Å². The molecule has 6 heteroatoms. The molecule has 0 bridgehead atoms. The number of carbonyl (C=O) groups is 2. The lowest BCUT2D eigenvalue weighted by atomic mass is 10.1. The summed E-state index contributed by atoms with van der Waals surface area (Å²) in [6.45, 7) is -0.0105. The van der Waals surface area contributed by atoms with Crippen molar-refractivity contribution in [1.82, 2.24) is 5.32 Å². The van der Waals surface area contributed by atoms with Crippen LogP contribution >= 0.6 is 0 Å². The lowest BCUT2D eigenvalue weighted by Gasteiger charge is -2.18. The standard InChI is InChI=1S/C12H16N2O4/c1-18-9(7-13)11(15)14-10(12(16)17)8-5-3-2-4-6-8/h2-6,9-10H,7,13H2,1H3,(H,14,15)(H,16,17). The molecular weight excluding hydrogens is 236 g/mol. The summed E-state index contributed by atoms with van der Waals surface area (Å²) in [5.74, 6) is -1.68. The van der Waals surface area contributed by atoms with Gasteiger partial charge in [-0.25, -0.2) is 4.79 Å². The van der Waals surface area contributed by atoms with Crippen molar-refractivity contribution in [3.8, 4) is 0 Å². The second-order valence-electron chi connectivity index (χ2n) is 3.65. The summed E-state index contributed by atoms with van der Waals surface area (Å²) >= 11 is 0. The molecule has 1 aromatic carbocycles. The molecule has 18 heavy (non-hydrogen) atoms. The maximum atomic E-state index is 11.7. The van der Waals surface area contributed by atoms with Crippen LogP contribution < -0.4 is 11.1 Å². The number of hydrogen-bond acceptors (Lipinski definition) is 4. The SMILES string of the molecule is COC(CN)C(=O)NC(C(=O)O)c1ccccc1. The Kier molecular flexibility index (Phi) is 5.29. The third-order valence-corrected chi connectivity index (χ3v) is 2.46. The minimum atomic E-state index is -1.14. The molecule has 0 aliphatic rings. The highest BCUT2D eigenvalue weighted by Crippen LogP contribution is 2.12. The van der Waals surface area contributed by atoms with Gasteiger partial charge in [-0.15, -0.1) is 0 Å². The minimum absolute atomic E-state index is 0.0105. The number of carboxylic acids is 1. The molecule has 0 aromatic heterocycles. The van der Waals surface area contributed by atoms with Crippen molar-refractivity contribution in [3.05, 3.63) is 35.9 Å². The maximum Gasteiger partial charge on any atom is 0.330 e. The first-order valence-electron chi connectivity index (χ1n) is 5.41. The average Bonchev–Trinajstić information content (AvgIpc) is 2.38. The van der Waals surface area contributed by atoms with Crippen LogP contribution in [0.4, 0.5) is 0 Å². The quantitative estimate of drug-likeness (QED) is 0.656. The molecule has 0 aliphatic carbocycles. The van der Waals surface area contributed by atoms with Crippen LogP contribution in [0.2, 0.25) is 0 Å². The number of hydrogen-bond donors (Lipinski definition) is 3. The molecule has 1 aromatic rings. The zero-order valence-electron chi connectivity index (χ0n) is 10.00. The first-order chi connectivity index (χ1) is 8.60. The maximum absolute atomic E-state index is 11.7. The number of carbonyl (C=O) groups excluding carboxylic acids is 1. The highest BCUT2D eigenvalue weighted by Gasteiger charge is 2.25. The molecular formula is C12H16N2O4. The van der Waals surface area contributed by atoms with Gasteiger partial charge in [0.25, 0.3) is 5.91 Å². The molecule has 98 valence electrons. The van der Waals surface area contributed by atoms with Gasteiger partial charge >= 0.3 is 5.97 Å². The van der Waals surface area contributed by atoms with Crippen LogP contribution in [0.25, 0.3) is 0 Å². The van der Waals surface area contributed by atoms with E-state index in [1.165, 1.54) is 7.11 Å². The van der Waals surface area contributed by atoms with E-state index in [0.29, 0.717) is 5.56 Å². The Balaban J connectivity index is 2.82. The molecule has 0 aliphatic heterocycles. The van der Waals surface area contributed by atoms with Crippen LogP contribution in [0.1, 0.15) is 11.6 Å². The molecule has 0 spiro atoms. The highest BCUT2D eigenvalue weighted by molar-refractivity contribution is 5.87. The molecule has 2 atom stereocenters. The van der Waals surface area contributed by atoms with Crippen LogP contribution in [0.3, 0.4) is 0 Å². The number of rotatable bonds is 6. The van der Waals surface area contributed by atoms with Gasteiger partial charge in [-0.2, -0.15) is 0 Å². The van der Waals surface area contributed by atoms with Gasteiger partial charge in [0, 0.05) is 13.7 Å². The fraction of sp³-hybridized carbons (Fsp3) is 0.333. The zero-order valence-corrected chi connectivity index (χ0v) is 10.00. The Morgan fingerprint density at radius 3 is 2.44 bits per heavy atom. The van der Waals surface area contributed by atoms with Gasteiger partial charge in [0.15, 0.2) is 6.04 Å². The Labute approximate surface area is 105 Å². The van der Waals surface area contributed by atoms with Gasteiger partial charge in [-0.05, 0) is 5.56 Å². The molecule has 0 heterocycles. The number of methoxy groups -OCH3 is 1. The lowest BCUT2D eigenvalue weighted by molar-refractivity contribution is -0.144. The van der Waals surface area contributed by atoms with Crippen molar-refractivity contribution in [2.75, 3.05) is 13.7 Å². The van der Waals surface area contributed by atoms with Crippen molar-refractivity contribution in [2.45, 2.75) is 12.1 Å². The van der Waals surface area contributed by atoms with Gasteiger partial charge in [0.1, 0.15) is 6.10 Å². The lowest BCUT2D eigenvalue weighted by Crippen LogP contribution is -2.44. The molecule has 1 amide bonds. The van der Waals surface area contributed by atoms with Gasteiger partial charge in [0.2, 0.25) is 0 Å². The number of aliphatic carboxylic acids is 1. The Morgan fingerprint density at radius 2 is 2.00 bits per heavy atom. The topological polar surface area (TPSA) is 102 Å². The van der Waals surface area contributed by atoms with Crippen molar-refractivity contribution in [1.29, 1.82) is 0 Å². The van der Waals surface area contributed by atoms with Gasteiger partial charge in [-0.3, -0.25) is 4.79 Å². The minimum Gasteiger partial charge on any atom is -0.479 e. The number of nitrogens with two attached hydrogens (primary N) is 1. The molecule has 0 saturated carbocycles. The molecule has 0 fully saturated rings. The number of ether oxygens (including phenoxy) is 1. The Morgan fingerprint density at radius 1 is 1.39 bits per heavy atom. The Bertz CT molecular complexity index is 404. The monoisotopic (exact) mass is 252 g/mol. The number of carboxylic acid groups (broad SMARTS) is 1. The third kappa shape index (κ3) is 3.54. The molecule has 1 rings (SSSR count). The summed E-state index contributed by atoms with van der Waals surface area (Å²) in [7, 11) is 1.34. The molecule has 0 saturated heterocycles. The molecule has 4 N–H and O–H groups in total. The van der Waals surface area contributed by atoms with E-state index in [1.807, 2.05) is 0 Å². The van der Waals surface area contributed by atoms with Gasteiger partial charge in [-0.1, -0.05) is 30.3 Å². The summed E-state index contributed by atoms with van der Waals surface area (Å²) in [5, 5.41) is 11.5. The first-order valence-corrected chi connectivity index (χ1v) is 5.41. The second-order valence-corrected chi connectivity index (χ2v) is 3.65. The van der Waals surface area contributed by atoms with E-state index in [9.17, 15) is 9.59 Å². The van der Waals surface area contributed by atoms with E-state index < -0.39 is 24.0 Å². The van der Waals surface area contributed by atoms with E-state index >= 15 is 0 Å². The fourth-order valence-corrected chi connectivity index (χ4v) is 1.48. The predicted molar refractivity (Wildman–Crippen MR) is 64.8 cm³/mol. The second kappa shape index (κ2) is 6.73. The summed E-state index contributed by atoms with van der Waals surface area (Å²) in [6.07, 6.45) is -0.851. The van der Waals surface area contributed by atoms with E-state index in [1.54, 1.807) is 30.3 Å². The van der Waals surface area contributed by atoms with Crippen molar-refractivity contribution in [2.24, 2.45) is 5.73 Å². The smallest absolute Gasteiger partial charge is 0.330 e. The van der Waals surface area contributed by atoms with Crippen LogP contribution in [-0.2, 0) is 14.3 Å². The third-order valence-electron chi connectivity index (χ3n) is 2.46. The van der Waals surface area contributed by atoms with Gasteiger partial charge in [0.05, 0.1) is 0 Å². The molecule has 6 nitrogen and oxygen atoms in total. The number of amides is 1. The van der Waals surface area contributed by atoms with E-state index in [-0.39, 0.29) is 6.54 Å². The normalized spacial score (nSPS) is 13.7. The van der Waals surface area contributed by atoms with Gasteiger partial charge < -0.3 is 20.9 Å².